The van der Waals surface area contributed by atoms with Crippen molar-refractivity contribution < 1.29 is 17.9 Å². The molecule has 0 radical (unpaired) electrons. The Morgan fingerprint density at radius 1 is 0.636 bits per heavy atom. The molecule has 2 aromatic carbocycles. The van der Waals surface area contributed by atoms with Gasteiger partial charge in [-0.3, -0.25) is 0 Å². The lowest BCUT2D eigenvalue weighted by Crippen LogP contribution is -2.06. The van der Waals surface area contributed by atoms with Crippen LogP contribution in [-0.2, 0) is 9.84 Å². The smallest absolute Gasteiger partial charge is 0.206 e. The summed E-state index contributed by atoms with van der Waals surface area (Å²) in [5.74, 6) is 1.13. The van der Waals surface area contributed by atoms with Crippen LogP contribution in [0.1, 0.15) is 25.7 Å². The summed E-state index contributed by atoms with van der Waals surface area (Å²) in [7, 11) is -3.79. The third-order valence-electron chi connectivity index (χ3n) is 4.19. The van der Waals surface area contributed by atoms with E-state index in [-0.39, 0.29) is 17.3 Å². The van der Waals surface area contributed by atoms with Crippen LogP contribution in [0.4, 0.5) is 0 Å². The molecule has 184 valence electrons. The van der Waals surface area contributed by atoms with Crippen molar-refractivity contribution in [3.63, 3.8) is 0 Å². The van der Waals surface area contributed by atoms with Crippen LogP contribution in [-0.4, -0.2) is 29.1 Å². The molecule has 0 saturated heterocycles. The molecule has 0 spiro atoms. The summed E-state index contributed by atoms with van der Waals surface area (Å²) < 4.78 is 41.1. The Morgan fingerprint density at radius 3 is 1.21 bits per heavy atom. The van der Waals surface area contributed by atoms with E-state index in [0.29, 0.717) is 42.6 Å². The Hall–Kier alpha value is 1.83. The highest BCUT2D eigenvalue weighted by atomic mass is 79.9. The molecule has 0 fully saturated rings. The number of sulfone groups is 1. The molecule has 0 saturated carbocycles. The van der Waals surface area contributed by atoms with Crippen LogP contribution in [0.5, 0.6) is 11.5 Å². The van der Waals surface area contributed by atoms with E-state index in [9.17, 15) is 8.42 Å². The largest absolute Gasteiger partial charge is 0.491 e. The molecule has 4 nitrogen and oxygen atoms in total. The number of hydrogen-bond donors (Lipinski definition) is 0. The van der Waals surface area contributed by atoms with Crippen LogP contribution in [0.2, 0.25) is 0 Å². The fraction of sp³-hybridized carbons (Fsp3) is 0.400. The zero-order valence-corrected chi connectivity index (χ0v) is 30.3. The maximum Gasteiger partial charge on any atom is 0.206 e. The van der Waals surface area contributed by atoms with Gasteiger partial charge in [0.05, 0.1) is 48.4 Å². The fourth-order valence-electron chi connectivity index (χ4n) is 2.62. The number of rotatable bonds is 12. The van der Waals surface area contributed by atoms with Gasteiger partial charge < -0.3 is 9.47 Å². The third-order valence-corrected chi connectivity index (χ3v) is 10.1. The van der Waals surface area contributed by atoms with E-state index in [4.69, 9.17) is 9.47 Å². The molecule has 0 N–H and O–H groups in total. The van der Waals surface area contributed by atoms with Gasteiger partial charge in [0.2, 0.25) is 9.84 Å². The number of hydrogen-bond acceptors (Lipinski definition) is 4. The van der Waals surface area contributed by atoms with E-state index in [2.05, 4.69) is 127 Å². The van der Waals surface area contributed by atoms with Gasteiger partial charge in [0.25, 0.3) is 0 Å². The average molecular weight is 994 g/mol. The van der Waals surface area contributed by atoms with Crippen LogP contribution >= 0.6 is 127 Å². The van der Waals surface area contributed by atoms with Gasteiger partial charge in [0.1, 0.15) is 11.5 Å². The first-order valence-electron chi connectivity index (χ1n) is 9.48. The standard InChI is InChI=1S/C20H18Br8O4S/c21-13-7-11(8-14(22)19(13)31-5-1-3-17(25)26)33(29,30)12-9-15(23)20(16(24)10-12)32-6-2-4-18(27)28/h7-10,17-18H,1-6H2. The van der Waals surface area contributed by atoms with Gasteiger partial charge >= 0.3 is 0 Å². The minimum atomic E-state index is -3.79. The van der Waals surface area contributed by atoms with Gasteiger partial charge in [-0.15, -0.1) is 0 Å². The van der Waals surface area contributed by atoms with Crippen molar-refractivity contribution in [2.24, 2.45) is 0 Å². The maximum atomic E-state index is 13.4. The number of ether oxygens (including phenoxy) is 2. The van der Waals surface area contributed by atoms with Gasteiger partial charge in [-0.05, 0) is 114 Å². The first-order valence-corrected chi connectivity index (χ1v) is 17.8. The summed E-state index contributed by atoms with van der Waals surface area (Å²) >= 11 is 27.5. The van der Waals surface area contributed by atoms with Crippen molar-refractivity contribution in [1.29, 1.82) is 0 Å². The number of alkyl halides is 4. The van der Waals surface area contributed by atoms with Gasteiger partial charge in [0, 0.05) is 0 Å². The van der Waals surface area contributed by atoms with E-state index in [1.54, 1.807) is 24.3 Å². The first-order chi connectivity index (χ1) is 15.4. The first kappa shape index (κ1) is 31.1. The van der Waals surface area contributed by atoms with Crippen molar-refractivity contribution in [2.45, 2.75) is 42.9 Å². The van der Waals surface area contributed by atoms with E-state index in [0.717, 1.165) is 25.7 Å². The summed E-state index contributed by atoms with van der Waals surface area (Å²) in [6.45, 7) is 1.01. The molecule has 0 aliphatic rings. The molecule has 0 heterocycles. The lowest BCUT2D eigenvalue weighted by atomic mass is 10.3. The van der Waals surface area contributed by atoms with Crippen molar-refractivity contribution in [3.8, 4) is 11.5 Å². The Labute approximate surface area is 261 Å². The Bertz CT molecular complexity index is 937. The van der Waals surface area contributed by atoms with Gasteiger partial charge in [-0.25, -0.2) is 8.42 Å². The van der Waals surface area contributed by atoms with Crippen molar-refractivity contribution in [2.75, 3.05) is 13.2 Å². The lowest BCUT2D eigenvalue weighted by Gasteiger charge is -2.15. The zero-order chi connectivity index (χ0) is 24.8. The van der Waals surface area contributed by atoms with Crippen LogP contribution < -0.4 is 9.47 Å². The van der Waals surface area contributed by atoms with Crippen LogP contribution in [0.25, 0.3) is 0 Å². The minimum absolute atomic E-state index is 0.141. The predicted octanol–water partition coefficient (Wildman–Crippen LogP) is 10.1. The predicted molar refractivity (Wildman–Crippen MR) is 162 cm³/mol. The molecule has 2 aromatic rings. The monoisotopic (exact) mass is 985 g/mol. The van der Waals surface area contributed by atoms with Gasteiger partial charge in [-0.1, -0.05) is 63.7 Å². The van der Waals surface area contributed by atoms with Gasteiger partial charge in [0.15, 0.2) is 0 Å². The summed E-state index contributed by atoms with van der Waals surface area (Å²) in [6, 6.07) is 6.21. The highest BCUT2D eigenvalue weighted by Gasteiger charge is 2.24. The molecule has 33 heavy (non-hydrogen) atoms. The molecule has 0 amide bonds. The molecule has 0 atom stereocenters. The Morgan fingerprint density at radius 2 is 0.939 bits per heavy atom. The van der Waals surface area contributed by atoms with Crippen molar-refractivity contribution in [3.05, 3.63) is 42.2 Å². The van der Waals surface area contributed by atoms with Crippen LogP contribution in [0.15, 0.2) is 51.9 Å². The molecule has 0 aliphatic carbocycles. The average Bonchev–Trinajstić information content (AvgIpc) is 2.70. The fourth-order valence-corrected chi connectivity index (χ4v) is 8.72. The SMILES string of the molecule is O=S(=O)(c1cc(Br)c(OCCCC(Br)Br)c(Br)c1)c1cc(Br)c(OCCCC(Br)Br)c(Br)c1. The molecule has 0 unspecified atom stereocenters. The Balaban J connectivity index is 2.23. The second-order valence-electron chi connectivity index (χ2n) is 6.70. The highest BCUT2D eigenvalue weighted by Crippen LogP contribution is 2.41. The molecule has 0 bridgehead atoms. The third kappa shape index (κ3) is 9.57. The topological polar surface area (TPSA) is 52.6 Å². The molecule has 2 rings (SSSR count). The van der Waals surface area contributed by atoms with E-state index in [1.807, 2.05) is 0 Å². The van der Waals surface area contributed by atoms with Gasteiger partial charge in [-0.2, -0.15) is 0 Å². The second kappa shape index (κ2) is 14.7. The van der Waals surface area contributed by atoms with E-state index in [1.165, 1.54) is 0 Å². The second-order valence-corrected chi connectivity index (χ2v) is 18.9. The quantitative estimate of drug-likeness (QED) is 0.157. The molecule has 0 aliphatic heterocycles. The normalized spacial score (nSPS) is 11.9. The number of benzene rings is 2. The summed E-state index contributed by atoms with van der Waals surface area (Å²) in [5, 5.41) is 0. The van der Waals surface area contributed by atoms with E-state index >= 15 is 0 Å². The summed E-state index contributed by atoms with van der Waals surface area (Å²) in [5.41, 5.74) is 0. The van der Waals surface area contributed by atoms with Crippen LogP contribution in [0.3, 0.4) is 0 Å². The zero-order valence-electron chi connectivity index (χ0n) is 16.8. The molecular formula is C20H18Br8O4S. The maximum absolute atomic E-state index is 13.4. The van der Waals surface area contributed by atoms with E-state index < -0.39 is 9.84 Å². The van der Waals surface area contributed by atoms with Crippen molar-refractivity contribution in [1.82, 2.24) is 0 Å². The highest BCUT2D eigenvalue weighted by molar-refractivity contribution is 9.25. The summed E-state index contributed by atoms with van der Waals surface area (Å²) in [4.78, 5) is 0.283. The summed E-state index contributed by atoms with van der Waals surface area (Å²) in [6.07, 6.45) is 3.48. The van der Waals surface area contributed by atoms with Crippen molar-refractivity contribution >= 4 is 137 Å². The Kier molecular flexibility index (Phi) is 13.8. The molecule has 0 aromatic heterocycles. The molecular weight excluding hydrogens is 976 g/mol. The minimum Gasteiger partial charge on any atom is -0.491 e. The number of halogens is 8. The van der Waals surface area contributed by atoms with Crippen LogP contribution in [0, 0.1) is 0 Å². The lowest BCUT2D eigenvalue weighted by molar-refractivity contribution is 0.305. The molecule has 13 heteroatoms.